The standard InChI is InChI=1S/C28H25NO2/c1-18-16-19(2)25(20(3)17-18)26(28(31)29-22-12-5-4-6-13-22)27(30)24-15-9-11-21-10-7-8-14-23(21)24/h4-17,30H,1-3H3,(H,29,31)/b27-26-. The van der Waals surface area contributed by atoms with Crippen LogP contribution in [-0.2, 0) is 4.79 Å². The van der Waals surface area contributed by atoms with Crippen molar-refractivity contribution in [2.45, 2.75) is 20.8 Å². The maximum absolute atomic E-state index is 13.5. The van der Waals surface area contributed by atoms with Gasteiger partial charge in [-0.15, -0.1) is 0 Å². The third-order valence-electron chi connectivity index (χ3n) is 5.47. The molecule has 0 aliphatic carbocycles. The van der Waals surface area contributed by atoms with Crippen LogP contribution in [0.4, 0.5) is 5.69 Å². The number of carbonyl (C=O) groups excluding carboxylic acids is 1. The van der Waals surface area contributed by atoms with Gasteiger partial charge >= 0.3 is 0 Å². The van der Waals surface area contributed by atoms with Gasteiger partial charge in [-0.3, -0.25) is 4.79 Å². The number of fused-ring (bicyclic) bond motifs is 1. The molecule has 0 aromatic heterocycles. The summed E-state index contributed by atoms with van der Waals surface area (Å²) in [6, 6.07) is 27.0. The van der Waals surface area contributed by atoms with Crippen LogP contribution in [0, 0.1) is 20.8 Å². The highest BCUT2D eigenvalue weighted by atomic mass is 16.3. The smallest absolute Gasteiger partial charge is 0.260 e. The second-order valence-corrected chi connectivity index (χ2v) is 7.84. The molecular weight excluding hydrogens is 382 g/mol. The van der Waals surface area contributed by atoms with Gasteiger partial charge in [0.25, 0.3) is 5.91 Å². The summed E-state index contributed by atoms with van der Waals surface area (Å²) in [5.74, 6) is -0.369. The molecular formula is C28H25NO2. The maximum Gasteiger partial charge on any atom is 0.260 e. The maximum atomic E-state index is 13.5. The van der Waals surface area contributed by atoms with Gasteiger partial charge in [-0.25, -0.2) is 0 Å². The lowest BCUT2D eigenvalue weighted by molar-refractivity contribution is -0.111. The molecule has 0 heterocycles. The molecule has 3 heteroatoms. The Hall–Kier alpha value is -3.85. The van der Waals surface area contributed by atoms with Crippen LogP contribution in [0.2, 0.25) is 0 Å². The molecule has 3 nitrogen and oxygen atoms in total. The van der Waals surface area contributed by atoms with Crippen molar-refractivity contribution in [3.05, 3.63) is 113 Å². The Morgan fingerprint density at radius 1 is 0.774 bits per heavy atom. The minimum Gasteiger partial charge on any atom is -0.506 e. The molecule has 1 amide bonds. The number of para-hydroxylation sites is 1. The molecule has 0 radical (unpaired) electrons. The zero-order valence-corrected chi connectivity index (χ0v) is 17.9. The van der Waals surface area contributed by atoms with E-state index in [1.165, 1.54) is 0 Å². The van der Waals surface area contributed by atoms with E-state index in [1.54, 1.807) is 0 Å². The fourth-order valence-electron chi connectivity index (χ4n) is 4.20. The molecule has 4 aromatic carbocycles. The topological polar surface area (TPSA) is 49.3 Å². The summed E-state index contributed by atoms with van der Waals surface area (Å²) in [5, 5.41) is 16.4. The highest BCUT2D eigenvalue weighted by Crippen LogP contribution is 2.34. The third kappa shape index (κ3) is 4.08. The second-order valence-electron chi connectivity index (χ2n) is 7.84. The predicted molar refractivity (Wildman–Crippen MR) is 129 cm³/mol. The average molecular weight is 408 g/mol. The number of aryl methyl sites for hydroxylation is 3. The predicted octanol–water partition coefficient (Wildman–Crippen LogP) is 6.83. The van der Waals surface area contributed by atoms with E-state index >= 15 is 0 Å². The summed E-state index contributed by atoms with van der Waals surface area (Å²) in [7, 11) is 0. The lowest BCUT2D eigenvalue weighted by Crippen LogP contribution is -2.17. The van der Waals surface area contributed by atoms with E-state index in [0.29, 0.717) is 11.3 Å². The molecule has 0 saturated heterocycles. The summed E-state index contributed by atoms with van der Waals surface area (Å²) in [5.41, 5.74) is 5.35. The Morgan fingerprint density at radius 2 is 1.39 bits per heavy atom. The summed E-state index contributed by atoms with van der Waals surface area (Å²) >= 11 is 0. The molecule has 0 atom stereocenters. The molecule has 0 fully saturated rings. The van der Waals surface area contributed by atoms with Gasteiger partial charge in [0, 0.05) is 11.3 Å². The number of aliphatic hydroxyl groups is 1. The van der Waals surface area contributed by atoms with Gasteiger partial charge in [0.2, 0.25) is 0 Å². The van der Waals surface area contributed by atoms with Crippen molar-refractivity contribution in [2.75, 3.05) is 5.32 Å². The van der Waals surface area contributed by atoms with Crippen molar-refractivity contribution in [3.8, 4) is 0 Å². The second kappa shape index (κ2) is 8.49. The summed E-state index contributed by atoms with van der Waals surface area (Å²) in [6.45, 7) is 5.98. The number of hydrogen-bond donors (Lipinski definition) is 2. The number of benzene rings is 4. The Bertz CT molecular complexity index is 1270. The normalized spacial score (nSPS) is 11.8. The van der Waals surface area contributed by atoms with Crippen molar-refractivity contribution < 1.29 is 9.90 Å². The average Bonchev–Trinajstić information content (AvgIpc) is 2.76. The number of rotatable bonds is 4. The van der Waals surface area contributed by atoms with E-state index in [-0.39, 0.29) is 17.2 Å². The Balaban J connectivity index is 1.97. The Kier molecular flexibility index (Phi) is 5.59. The van der Waals surface area contributed by atoms with Crippen LogP contribution >= 0.6 is 0 Å². The summed E-state index contributed by atoms with van der Waals surface area (Å²) in [6.07, 6.45) is 0. The van der Waals surface area contributed by atoms with Gasteiger partial charge < -0.3 is 10.4 Å². The minimum atomic E-state index is -0.341. The zero-order valence-electron chi connectivity index (χ0n) is 17.9. The van der Waals surface area contributed by atoms with Crippen LogP contribution in [0.1, 0.15) is 27.8 Å². The minimum absolute atomic E-state index is 0.0275. The first-order chi connectivity index (χ1) is 15.0. The van der Waals surface area contributed by atoms with Gasteiger partial charge in [0.1, 0.15) is 5.76 Å². The van der Waals surface area contributed by atoms with E-state index in [0.717, 1.165) is 33.0 Å². The van der Waals surface area contributed by atoms with Gasteiger partial charge in [-0.1, -0.05) is 78.4 Å². The molecule has 4 rings (SSSR count). The van der Waals surface area contributed by atoms with Crippen molar-refractivity contribution in [1.82, 2.24) is 0 Å². The first kappa shape index (κ1) is 20.4. The first-order valence-electron chi connectivity index (χ1n) is 10.3. The molecule has 0 aliphatic heterocycles. The SMILES string of the molecule is Cc1cc(C)c(/C(C(=O)Nc2ccccc2)=C(/O)c2cccc3ccccc23)c(C)c1. The van der Waals surface area contributed by atoms with Gasteiger partial charge in [-0.05, 0) is 60.4 Å². The van der Waals surface area contributed by atoms with Crippen LogP contribution in [0.3, 0.4) is 0 Å². The lowest BCUT2D eigenvalue weighted by atomic mass is 9.90. The molecule has 31 heavy (non-hydrogen) atoms. The summed E-state index contributed by atoms with van der Waals surface area (Å²) in [4.78, 5) is 13.5. The van der Waals surface area contributed by atoms with E-state index in [4.69, 9.17) is 0 Å². The summed E-state index contributed by atoms with van der Waals surface area (Å²) < 4.78 is 0. The van der Waals surface area contributed by atoms with Crippen molar-refractivity contribution in [3.63, 3.8) is 0 Å². The molecule has 154 valence electrons. The fraction of sp³-hybridized carbons (Fsp3) is 0.107. The van der Waals surface area contributed by atoms with E-state index in [1.807, 2.05) is 106 Å². The number of carbonyl (C=O) groups is 1. The molecule has 0 bridgehead atoms. The number of hydrogen-bond acceptors (Lipinski definition) is 2. The largest absolute Gasteiger partial charge is 0.506 e. The number of anilines is 1. The van der Waals surface area contributed by atoms with Crippen LogP contribution in [0.5, 0.6) is 0 Å². The Morgan fingerprint density at radius 3 is 2.10 bits per heavy atom. The fourth-order valence-corrected chi connectivity index (χ4v) is 4.20. The highest BCUT2D eigenvalue weighted by molar-refractivity contribution is 6.31. The number of nitrogens with one attached hydrogen (secondary N) is 1. The van der Waals surface area contributed by atoms with E-state index < -0.39 is 0 Å². The molecule has 4 aromatic rings. The third-order valence-corrected chi connectivity index (χ3v) is 5.47. The van der Waals surface area contributed by atoms with Crippen LogP contribution in [-0.4, -0.2) is 11.0 Å². The van der Waals surface area contributed by atoms with E-state index in [2.05, 4.69) is 5.32 Å². The van der Waals surface area contributed by atoms with Crippen LogP contribution in [0.15, 0.2) is 84.9 Å². The quantitative estimate of drug-likeness (QED) is 0.221. The number of aliphatic hydroxyl groups excluding tert-OH is 1. The molecule has 0 spiro atoms. The molecule has 2 N–H and O–H groups in total. The molecule has 0 saturated carbocycles. The first-order valence-corrected chi connectivity index (χ1v) is 10.3. The molecule has 0 unspecified atom stereocenters. The van der Waals surface area contributed by atoms with E-state index in [9.17, 15) is 9.90 Å². The highest BCUT2D eigenvalue weighted by Gasteiger charge is 2.23. The van der Waals surface area contributed by atoms with Crippen molar-refractivity contribution >= 4 is 33.7 Å². The van der Waals surface area contributed by atoms with Crippen LogP contribution < -0.4 is 5.32 Å². The number of amides is 1. The molecule has 0 aliphatic rings. The van der Waals surface area contributed by atoms with Gasteiger partial charge in [0.05, 0.1) is 5.57 Å². The van der Waals surface area contributed by atoms with Gasteiger partial charge in [-0.2, -0.15) is 0 Å². The monoisotopic (exact) mass is 407 g/mol. The van der Waals surface area contributed by atoms with Crippen LogP contribution in [0.25, 0.3) is 22.1 Å². The van der Waals surface area contributed by atoms with Crippen molar-refractivity contribution in [1.29, 1.82) is 0 Å². The van der Waals surface area contributed by atoms with Crippen molar-refractivity contribution in [2.24, 2.45) is 0 Å². The Labute approximate surface area is 182 Å². The van der Waals surface area contributed by atoms with Gasteiger partial charge in [0.15, 0.2) is 0 Å². The zero-order chi connectivity index (χ0) is 22.0. The lowest BCUT2D eigenvalue weighted by Gasteiger charge is -2.18.